The minimum absolute atomic E-state index is 0.0394. The van der Waals surface area contributed by atoms with Crippen molar-refractivity contribution >= 4 is 51.9 Å². The quantitative estimate of drug-likeness (QED) is 0.644. The van der Waals surface area contributed by atoms with Crippen molar-refractivity contribution in [3.05, 3.63) is 62.8 Å². The first-order chi connectivity index (χ1) is 14.9. The van der Waals surface area contributed by atoms with E-state index in [1.54, 1.807) is 27.8 Å². The molecule has 2 saturated heterocycles. The number of hydrogen-bond donors (Lipinski definition) is 1. The largest absolute Gasteiger partial charge is 0.447 e. The molecule has 0 spiro atoms. The Bertz CT molecular complexity index is 1270. The Morgan fingerprint density at radius 1 is 1.19 bits per heavy atom. The van der Waals surface area contributed by atoms with Crippen molar-refractivity contribution in [1.82, 2.24) is 19.4 Å². The van der Waals surface area contributed by atoms with E-state index in [1.807, 2.05) is 0 Å². The molecule has 2 fully saturated rings. The van der Waals surface area contributed by atoms with Crippen LogP contribution in [0.3, 0.4) is 0 Å². The van der Waals surface area contributed by atoms with Crippen molar-refractivity contribution in [2.45, 2.75) is 18.5 Å². The predicted octanol–water partition coefficient (Wildman–Crippen LogP) is 3.12. The lowest BCUT2D eigenvalue weighted by Crippen LogP contribution is -2.29. The van der Waals surface area contributed by atoms with Crippen LogP contribution in [0.1, 0.15) is 22.8 Å². The second kappa shape index (κ2) is 7.51. The molecule has 2 amide bonds. The first kappa shape index (κ1) is 19.8. The van der Waals surface area contributed by atoms with Gasteiger partial charge in [-0.2, -0.15) is 0 Å². The van der Waals surface area contributed by atoms with Gasteiger partial charge in [0.25, 0.3) is 5.91 Å². The average molecular weight is 460 g/mol. The Labute approximate surface area is 185 Å². The van der Waals surface area contributed by atoms with Crippen LogP contribution in [0, 0.1) is 0 Å². The normalized spacial score (nSPS) is 20.1. The first-order valence-electron chi connectivity index (χ1n) is 9.47. The van der Waals surface area contributed by atoms with E-state index in [0.717, 1.165) is 0 Å². The van der Waals surface area contributed by atoms with Crippen LogP contribution < -0.4 is 10.7 Å². The summed E-state index contributed by atoms with van der Waals surface area (Å²) in [6.07, 6.45) is 6.02. The predicted molar refractivity (Wildman–Crippen MR) is 114 cm³/mol. The van der Waals surface area contributed by atoms with E-state index in [4.69, 9.17) is 27.9 Å². The molecule has 11 heteroatoms. The van der Waals surface area contributed by atoms with Gasteiger partial charge in [0.05, 0.1) is 33.2 Å². The van der Waals surface area contributed by atoms with Crippen LogP contribution in [-0.2, 0) is 4.74 Å². The van der Waals surface area contributed by atoms with Gasteiger partial charge in [-0.05, 0) is 18.6 Å². The van der Waals surface area contributed by atoms with E-state index in [9.17, 15) is 14.4 Å². The number of ether oxygens (including phenoxy) is 1. The third-order valence-electron chi connectivity index (χ3n) is 5.54. The number of halogens is 2. The number of carbonyl (C=O) groups is 2. The SMILES string of the molecule is O=C(Nc1c(Cl)cncc1Cl)c1cn([C@H]2C[C@H]3COC(=O)N3C2)c2ncccc2c1=O. The summed E-state index contributed by atoms with van der Waals surface area (Å²) in [5.41, 5.74) is 0.0727. The molecule has 0 aromatic carbocycles. The Morgan fingerprint density at radius 3 is 2.71 bits per heavy atom. The number of cyclic esters (lactones) is 1. The molecule has 3 aromatic rings. The highest BCUT2D eigenvalue weighted by atomic mass is 35.5. The number of nitrogens with zero attached hydrogens (tertiary/aromatic N) is 4. The Morgan fingerprint density at radius 2 is 1.97 bits per heavy atom. The number of aromatic nitrogens is 3. The molecule has 2 aliphatic heterocycles. The minimum Gasteiger partial charge on any atom is -0.447 e. The number of pyridine rings is 3. The zero-order valence-corrected chi connectivity index (χ0v) is 17.4. The fraction of sp³-hybridized carbons (Fsp3) is 0.250. The summed E-state index contributed by atoms with van der Waals surface area (Å²) in [5, 5.41) is 3.21. The lowest BCUT2D eigenvalue weighted by molar-refractivity contribution is 0.102. The molecule has 3 aromatic heterocycles. The highest BCUT2D eigenvalue weighted by molar-refractivity contribution is 6.39. The molecule has 0 unspecified atom stereocenters. The zero-order chi connectivity index (χ0) is 21.7. The maximum absolute atomic E-state index is 13.1. The van der Waals surface area contributed by atoms with Gasteiger partial charge in [0, 0.05) is 31.3 Å². The van der Waals surface area contributed by atoms with Crippen molar-refractivity contribution in [3.8, 4) is 0 Å². The Hall–Kier alpha value is -3.17. The number of anilines is 1. The molecule has 2 aliphatic rings. The van der Waals surface area contributed by atoms with Gasteiger partial charge in [0.15, 0.2) is 0 Å². The molecule has 0 bridgehead atoms. The highest BCUT2D eigenvalue weighted by Crippen LogP contribution is 2.33. The van der Waals surface area contributed by atoms with E-state index in [1.165, 1.54) is 18.6 Å². The number of fused-ring (bicyclic) bond motifs is 2. The first-order valence-corrected chi connectivity index (χ1v) is 10.2. The molecule has 0 saturated carbocycles. The fourth-order valence-corrected chi connectivity index (χ4v) is 4.52. The molecule has 0 radical (unpaired) electrons. The van der Waals surface area contributed by atoms with Crippen molar-refractivity contribution in [2.75, 3.05) is 18.5 Å². The Kier molecular flexibility index (Phi) is 4.79. The molecule has 2 atom stereocenters. The number of nitrogens with one attached hydrogen (secondary N) is 1. The van der Waals surface area contributed by atoms with Crippen molar-refractivity contribution < 1.29 is 14.3 Å². The maximum Gasteiger partial charge on any atom is 0.410 e. The number of rotatable bonds is 3. The average Bonchev–Trinajstić information content (AvgIpc) is 3.33. The van der Waals surface area contributed by atoms with Gasteiger partial charge in [-0.3, -0.25) is 19.5 Å². The number of carbonyl (C=O) groups excluding carboxylic acids is 2. The van der Waals surface area contributed by atoms with Gasteiger partial charge in [0.1, 0.15) is 17.8 Å². The number of amides is 2. The topological polar surface area (TPSA) is 106 Å². The minimum atomic E-state index is -0.655. The fourth-order valence-electron chi connectivity index (χ4n) is 4.06. The summed E-state index contributed by atoms with van der Waals surface area (Å²) in [6, 6.07) is 3.06. The third kappa shape index (κ3) is 3.30. The molecule has 158 valence electrons. The van der Waals surface area contributed by atoms with Gasteiger partial charge in [-0.1, -0.05) is 23.2 Å². The van der Waals surface area contributed by atoms with Crippen LogP contribution >= 0.6 is 23.2 Å². The van der Waals surface area contributed by atoms with Crippen molar-refractivity contribution in [1.29, 1.82) is 0 Å². The van der Waals surface area contributed by atoms with E-state index in [0.29, 0.717) is 30.6 Å². The summed E-state index contributed by atoms with van der Waals surface area (Å²) in [5.74, 6) is -0.655. The second-order valence-electron chi connectivity index (χ2n) is 7.36. The molecular weight excluding hydrogens is 445 g/mol. The lowest BCUT2D eigenvalue weighted by Gasteiger charge is -2.19. The summed E-state index contributed by atoms with van der Waals surface area (Å²) in [4.78, 5) is 47.9. The lowest BCUT2D eigenvalue weighted by atomic mass is 10.1. The summed E-state index contributed by atoms with van der Waals surface area (Å²) in [6.45, 7) is 0.731. The second-order valence-corrected chi connectivity index (χ2v) is 8.17. The number of hydrogen-bond acceptors (Lipinski definition) is 6. The molecule has 5 heterocycles. The summed E-state index contributed by atoms with van der Waals surface area (Å²) in [7, 11) is 0. The van der Waals surface area contributed by atoms with E-state index in [2.05, 4.69) is 15.3 Å². The molecule has 0 aliphatic carbocycles. The molecule has 9 nitrogen and oxygen atoms in total. The van der Waals surface area contributed by atoms with Crippen LogP contribution in [-0.4, -0.2) is 50.6 Å². The van der Waals surface area contributed by atoms with Crippen LogP contribution in [0.25, 0.3) is 11.0 Å². The van der Waals surface area contributed by atoms with Crippen LogP contribution in [0.2, 0.25) is 10.0 Å². The van der Waals surface area contributed by atoms with Crippen molar-refractivity contribution in [3.63, 3.8) is 0 Å². The Balaban J connectivity index is 1.58. The van der Waals surface area contributed by atoms with E-state index >= 15 is 0 Å². The molecule has 1 N–H and O–H groups in total. The van der Waals surface area contributed by atoms with Gasteiger partial charge in [-0.15, -0.1) is 0 Å². The highest BCUT2D eigenvalue weighted by Gasteiger charge is 2.42. The van der Waals surface area contributed by atoms with Crippen molar-refractivity contribution in [2.24, 2.45) is 0 Å². The smallest absolute Gasteiger partial charge is 0.410 e. The summed E-state index contributed by atoms with van der Waals surface area (Å²) < 4.78 is 6.86. The van der Waals surface area contributed by atoms with Crippen LogP contribution in [0.4, 0.5) is 10.5 Å². The molecule has 5 rings (SSSR count). The molecule has 31 heavy (non-hydrogen) atoms. The van der Waals surface area contributed by atoms with Gasteiger partial charge in [0.2, 0.25) is 5.43 Å². The monoisotopic (exact) mass is 459 g/mol. The third-order valence-corrected chi connectivity index (χ3v) is 6.12. The van der Waals surface area contributed by atoms with Crippen LogP contribution in [0.5, 0.6) is 0 Å². The van der Waals surface area contributed by atoms with Gasteiger partial charge in [-0.25, -0.2) is 9.78 Å². The van der Waals surface area contributed by atoms with Gasteiger partial charge < -0.3 is 14.6 Å². The van der Waals surface area contributed by atoms with E-state index < -0.39 is 11.3 Å². The molecular formula is C20H15Cl2N5O4. The van der Waals surface area contributed by atoms with E-state index in [-0.39, 0.29) is 39.5 Å². The summed E-state index contributed by atoms with van der Waals surface area (Å²) >= 11 is 12.2. The van der Waals surface area contributed by atoms with Crippen LogP contribution in [0.15, 0.2) is 41.7 Å². The van der Waals surface area contributed by atoms with Gasteiger partial charge >= 0.3 is 6.09 Å². The standard InChI is InChI=1S/C20H15Cl2N5O4/c21-14-5-23-6-15(22)16(14)25-19(29)13-8-26(18-12(17(13)28)2-1-3-24-18)10-4-11-9-31-20(30)27(11)7-10/h1-3,5-6,8,10-11H,4,7,9H2,(H,23,25,29)/t10-,11-/m0/s1. The maximum atomic E-state index is 13.1. The zero-order valence-electron chi connectivity index (χ0n) is 15.9.